The van der Waals surface area contributed by atoms with Crippen molar-refractivity contribution in [1.29, 1.82) is 0 Å². The number of aryl methyl sites for hydroxylation is 1. The molecule has 1 N–H and O–H groups in total. The van der Waals surface area contributed by atoms with Crippen molar-refractivity contribution in [2.24, 2.45) is 5.10 Å². The molecule has 0 saturated carbocycles. The second-order valence-corrected chi connectivity index (χ2v) is 6.88. The van der Waals surface area contributed by atoms with Gasteiger partial charge in [0.1, 0.15) is 5.75 Å². The van der Waals surface area contributed by atoms with Gasteiger partial charge in [0, 0.05) is 31.6 Å². The number of hydrazone groups is 1. The average molecular weight is 375 g/mol. The molecule has 2 amide bonds. The zero-order chi connectivity index (χ0) is 19.8. The van der Waals surface area contributed by atoms with E-state index in [4.69, 9.17) is 9.47 Å². The van der Waals surface area contributed by atoms with Crippen LogP contribution in [0.5, 0.6) is 5.75 Å². The molecule has 2 rings (SSSR count). The van der Waals surface area contributed by atoms with Gasteiger partial charge < -0.3 is 14.4 Å². The molecule has 7 nitrogen and oxygen atoms in total. The number of nitrogens with zero attached hydrogens (tertiary/aromatic N) is 2. The fourth-order valence-electron chi connectivity index (χ4n) is 2.84. The predicted octanol–water partition coefficient (Wildman–Crippen LogP) is 3.22. The van der Waals surface area contributed by atoms with Crippen LogP contribution in [0.25, 0.3) is 0 Å². The Kier molecular flexibility index (Phi) is 7.64. The minimum Gasteiger partial charge on any atom is -0.483 e. The number of hydrogen-bond acceptors (Lipinski definition) is 5. The van der Waals surface area contributed by atoms with Gasteiger partial charge in [-0.2, -0.15) is 5.10 Å². The summed E-state index contributed by atoms with van der Waals surface area (Å²) in [6.07, 6.45) is 0.943. The Hall–Kier alpha value is -2.57. The Labute approximate surface area is 160 Å². The summed E-state index contributed by atoms with van der Waals surface area (Å²) in [4.78, 5) is 25.4. The summed E-state index contributed by atoms with van der Waals surface area (Å²) in [7, 11) is 0. The van der Waals surface area contributed by atoms with Gasteiger partial charge >= 0.3 is 6.09 Å². The van der Waals surface area contributed by atoms with Crippen molar-refractivity contribution >= 4 is 17.7 Å². The molecule has 1 aromatic rings. The zero-order valence-electron chi connectivity index (χ0n) is 16.6. The second-order valence-electron chi connectivity index (χ2n) is 6.88. The minimum absolute atomic E-state index is 0.0888. The van der Waals surface area contributed by atoms with Crippen LogP contribution in [-0.2, 0) is 9.53 Å². The number of likely N-dealkylation sites (tertiary alicyclic amines) is 1. The van der Waals surface area contributed by atoms with Crippen molar-refractivity contribution in [2.45, 2.75) is 46.5 Å². The summed E-state index contributed by atoms with van der Waals surface area (Å²) in [6, 6.07) is 5.95. The number of carbonyl (C=O) groups is 2. The minimum atomic E-state index is -0.300. The highest BCUT2D eigenvalue weighted by molar-refractivity contribution is 5.88. The Bertz CT molecular complexity index is 690. The SMILES string of the molecule is CCOC(=O)N1CCC(=NNC(=O)COc2ccc(C)cc2C(C)C)CC1. The molecule has 1 aliphatic heterocycles. The zero-order valence-corrected chi connectivity index (χ0v) is 16.6. The summed E-state index contributed by atoms with van der Waals surface area (Å²) >= 11 is 0. The number of benzene rings is 1. The van der Waals surface area contributed by atoms with E-state index in [1.54, 1.807) is 11.8 Å². The van der Waals surface area contributed by atoms with E-state index < -0.39 is 0 Å². The first-order valence-electron chi connectivity index (χ1n) is 9.40. The van der Waals surface area contributed by atoms with Gasteiger partial charge in [0.25, 0.3) is 5.91 Å². The van der Waals surface area contributed by atoms with Gasteiger partial charge in [-0.25, -0.2) is 10.2 Å². The predicted molar refractivity (Wildman–Crippen MR) is 104 cm³/mol. The van der Waals surface area contributed by atoms with E-state index in [1.807, 2.05) is 19.1 Å². The number of hydrogen-bond donors (Lipinski definition) is 1. The highest BCUT2D eigenvalue weighted by atomic mass is 16.6. The van der Waals surface area contributed by atoms with Gasteiger partial charge in [-0.1, -0.05) is 31.5 Å². The average Bonchev–Trinajstić information content (AvgIpc) is 2.65. The first-order valence-corrected chi connectivity index (χ1v) is 9.40. The topological polar surface area (TPSA) is 80.2 Å². The molecule has 1 aromatic carbocycles. The van der Waals surface area contributed by atoms with Gasteiger partial charge in [0.15, 0.2) is 6.61 Å². The van der Waals surface area contributed by atoms with Crippen molar-refractivity contribution in [2.75, 3.05) is 26.3 Å². The van der Waals surface area contributed by atoms with E-state index in [9.17, 15) is 9.59 Å². The van der Waals surface area contributed by atoms with Crippen LogP contribution in [0.15, 0.2) is 23.3 Å². The standard InChI is InChI=1S/C20H29N3O4/c1-5-26-20(25)23-10-8-16(9-11-23)21-22-19(24)13-27-18-7-6-15(4)12-17(18)14(2)3/h6-7,12,14H,5,8-11,13H2,1-4H3,(H,22,24). The molecular weight excluding hydrogens is 346 g/mol. The lowest BCUT2D eigenvalue weighted by molar-refractivity contribution is -0.123. The van der Waals surface area contributed by atoms with E-state index in [1.165, 1.54) is 0 Å². The van der Waals surface area contributed by atoms with Gasteiger partial charge in [-0.3, -0.25) is 4.79 Å². The lowest BCUT2D eigenvalue weighted by atomic mass is 10.00. The molecule has 1 aliphatic rings. The molecule has 0 spiro atoms. The van der Waals surface area contributed by atoms with E-state index in [2.05, 4.69) is 30.4 Å². The maximum absolute atomic E-state index is 12.0. The molecule has 7 heteroatoms. The van der Waals surface area contributed by atoms with E-state index in [0.717, 1.165) is 22.6 Å². The van der Waals surface area contributed by atoms with Crippen molar-refractivity contribution in [3.63, 3.8) is 0 Å². The van der Waals surface area contributed by atoms with Crippen molar-refractivity contribution in [3.8, 4) is 5.75 Å². The monoisotopic (exact) mass is 375 g/mol. The largest absolute Gasteiger partial charge is 0.483 e. The lowest BCUT2D eigenvalue weighted by Gasteiger charge is -2.26. The lowest BCUT2D eigenvalue weighted by Crippen LogP contribution is -2.39. The molecule has 1 saturated heterocycles. The van der Waals surface area contributed by atoms with Crippen molar-refractivity contribution < 1.29 is 19.1 Å². The third-order valence-corrected chi connectivity index (χ3v) is 4.35. The highest BCUT2D eigenvalue weighted by Crippen LogP contribution is 2.27. The Balaban J connectivity index is 1.80. The molecule has 0 radical (unpaired) electrons. The molecule has 0 unspecified atom stereocenters. The summed E-state index contributed by atoms with van der Waals surface area (Å²) in [5, 5.41) is 4.17. The molecule has 148 valence electrons. The maximum Gasteiger partial charge on any atom is 0.409 e. The van der Waals surface area contributed by atoms with Crippen molar-refractivity contribution in [1.82, 2.24) is 10.3 Å². The second kappa shape index (κ2) is 9.94. The van der Waals surface area contributed by atoms with Gasteiger partial charge in [-0.05, 0) is 31.4 Å². The highest BCUT2D eigenvalue weighted by Gasteiger charge is 2.20. The number of nitrogens with one attached hydrogen (secondary N) is 1. The van der Waals surface area contributed by atoms with Crippen LogP contribution in [0.1, 0.15) is 50.7 Å². The first-order chi connectivity index (χ1) is 12.9. The third kappa shape index (κ3) is 6.27. The summed E-state index contributed by atoms with van der Waals surface area (Å²) < 4.78 is 10.7. The molecule has 1 fully saturated rings. The summed E-state index contributed by atoms with van der Waals surface area (Å²) in [5.74, 6) is 0.736. The van der Waals surface area contributed by atoms with E-state index >= 15 is 0 Å². The van der Waals surface area contributed by atoms with Crippen LogP contribution in [-0.4, -0.2) is 48.9 Å². The first kappa shape index (κ1) is 20.7. The summed E-state index contributed by atoms with van der Waals surface area (Å²) in [6.45, 7) is 9.38. The number of ether oxygens (including phenoxy) is 2. The number of amides is 2. The molecular formula is C20H29N3O4. The maximum atomic E-state index is 12.0. The van der Waals surface area contributed by atoms with Gasteiger partial charge in [-0.15, -0.1) is 0 Å². The van der Waals surface area contributed by atoms with Crippen LogP contribution in [0.3, 0.4) is 0 Å². The summed E-state index contributed by atoms with van der Waals surface area (Å²) in [5.41, 5.74) is 5.65. The van der Waals surface area contributed by atoms with Crippen LogP contribution in [0.2, 0.25) is 0 Å². The van der Waals surface area contributed by atoms with Crippen LogP contribution in [0, 0.1) is 6.92 Å². The number of piperidine rings is 1. The third-order valence-electron chi connectivity index (χ3n) is 4.35. The van der Waals surface area contributed by atoms with E-state index in [0.29, 0.717) is 38.5 Å². The van der Waals surface area contributed by atoms with Crippen LogP contribution >= 0.6 is 0 Å². The quantitative estimate of drug-likeness (QED) is 0.774. The number of rotatable bonds is 6. The van der Waals surface area contributed by atoms with Crippen molar-refractivity contribution in [3.05, 3.63) is 29.3 Å². The molecule has 0 bridgehead atoms. The Morgan fingerprint density at radius 2 is 1.96 bits per heavy atom. The van der Waals surface area contributed by atoms with Crippen LogP contribution < -0.4 is 10.2 Å². The molecule has 27 heavy (non-hydrogen) atoms. The molecule has 0 aromatic heterocycles. The smallest absolute Gasteiger partial charge is 0.409 e. The normalized spacial score (nSPS) is 14.1. The van der Waals surface area contributed by atoms with Gasteiger partial charge in [0.05, 0.1) is 6.61 Å². The molecule has 1 heterocycles. The van der Waals surface area contributed by atoms with Crippen LogP contribution in [0.4, 0.5) is 4.79 Å². The van der Waals surface area contributed by atoms with Gasteiger partial charge in [0.2, 0.25) is 0 Å². The molecule has 0 atom stereocenters. The Morgan fingerprint density at radius 3 is 2.59 bits per heavy atom. The fraction of sp³-hybridized carbons (Fsp3) is 0.550. The number of carbonyl (C=O) groups excluding carboxylic acids is 2. The molecule has 0 aliphatic carbocycles. The van der Waals surface area contributed by atoms with E-state index in [-0.39, 0.29) is 18.6 Å². The fourth-order valence-corrected chi connectivity index (χ4v) is 2.84. The Morgan fingerprint density at radius 1 is 1.26 bits per heavy atom.